The zero-order valence-electron chi connectivity index (χ0n) is 10.1. The maximum atomic E-state index is 11.5. The molecule has 0 spiro atoms. The third-order valence-electron chi connectivity index (χ3n) is 2.66. The van der Waals surface area contributed by atoms with Crippen molar-refractivity contribution in [2.45, 2.75) is 26.1 Å². The van der Waals surface area contributed by atoms with Gasteiger partial charge in [0.15, 0.2) is 12.2 Å². The summed E-state index contributed by atoms with van der Waals surface area (Å²) in [6.07, 6.45) is 3.35. The lowest BCUT2D eigenvalue weighted by atomic mass is 10.1. The van der Waals surface area contributed by atoms with E-state index in [0.29, 0.717) is 5.70 Å². The molecule has 0 bridgehead atoms. The fourth-order valence-corrected chi connectivity index (χ4v) is 1.98. The molecule has 2 rings (SSSR count). The molecule has 0 radical (unpaired) electrons. The second-order valence-corrected chi connectivity index (χ2v) is 4.10. The van der Waals surface area contributed by atoms with Crippen molar-refractivity contribution >= 4 is 17.8 Å². The van der Waals surface area contributed by atoms with Crippen molar-refractivity contribution in [3.8, 4) is 0 Å². The Morgan fingerprint density at radius 1 is 1.22 bits per heavy atom. The molecular weight excluding hydrogens is 238 g/mol. The quantitative estimate of drug-likeness (QED) is 0.653. The second-order valence-electron chi connectivity index (χ2n) is 4.10. The molecule has 2 atom stereocenters. The van der Waals surface area contributed by atoms with E-state index in [2.05, 4.69) is 0 Å². The smallest absolute Gasteiger partial charge is 0.303 e. The van der Waals surface area contributed by atoms with Crippen LogP contribution in [-0.2, 0) is 23.9 Å². The minimum Gasteiger partial charge on any atom is -0.456 e. The molecule has 0 aromatic heterocycles. The molecule has 0 unspecified atom stereocenters. The number of carbonyl (C=O) groups excluding carboxylic acids is 3. The molecule has 0 aliphatic carbocycles. The summed E-state index contributed by atoms with van der Waals surface area (Å²) >= 11 is 0. The topological polar surface area (TPSA) is 72.9 Å². The molecule has 0 aromatic carbocycles. The van der Waals surface area contributed by atoms with Gasteiger partial charge >= 0.3 is 11.9 Å². The summed E-state index contributed by atoms with van der Waals surface area (Å²) in [5.74, 6) is -1.11. The van der Waals surface area contributed by atoms with Crippen LogP contribution in [0.1, 0.15) is 13.8 Å². The summed E-state index contributed by atoms with van der Waals surface area (Å²) in [6.45, 7) is 2.74. The molecule has 0 fully saturated rings. The van der Waals surface area contributed by atoms with E-state index in [4.69, 9.17) is 9.47 Å². The maximum Gasteiger partial charge on any atom is 0.303 e. The standard InChI is InChI=1S/C12H13NO5/c1-7(14)17-10-5-9-3-4-12(16)13(9)6-11(10)18-8(2)15/h3-5,10-11H,6H2,1-2H3/t10-,11-/m0/s1. The van der Waals surface area contributed by atoms with Crippen LogP contribution in [0.5, 0.6) is 0 Å². The lowest BCUT2D eigenvalue weighted by molar-refractivity contribution is -0.164. The maximum absolute atomic E-state index is 11.5. The molecule has 18 heavy (non-hydrogen) atoms. The van der Waals surface area contributed by atoms with E-state index >= 15 is 0 Å². The van der Waals surface area contributed by atoms with Gasteiger partial charge in [0.2, 0.25) is 0 Å². The first-order valence-electron chi connectivity index (χ1n) is 5.53. The number of fused-ring (bicyclic) bond motifs is 1. The largest absolute Gasteiger partial charge is 0.456 e. The molecule has 96 valence electrons. The van der Waals surface area contributed by atoms with Crippen molar-refractivity contribution in [2.75, 3.05) is 6.54 Å². The van der Waals surface area contributed by atoms with E-state index < -0.39 is 24.1 Å². The van der Waals surface area contributed by atoms with Crippen LogP contribution >= 0.6 is 0 Å². The van der Waals surface area contributed by atoms with E-state index in [1.807, 2.05) is 0 Å². The molecule has 2 aliphatic heterocycles. The number of hydrogen-bond acceptors (Lipinski definition) is 5. The van der Waals surface area contributed by atoms with Gasteiger partial charge in [-0.15, -0.1) is 0 Å². The zero-order valence-corrected chi connectivity index (χ0v) is 10.1. The first-order chi connectivity index (χ1) is 8.47. The first-order valence-corrected chi connectivity index (χ1v) is 5.53. The molecular formula is C12H13NO5. The van der Waals surface area contributed by atoms with E-state index in [9.17, 15) is 14.4 Å². The monoisotopic (exact) mass is 251 g/mol. The van der Waals surface area contributed by atoms with Crippen LogP contribution in [0.4, 0.5) is 0 Å². The number of allylic oxidation sites excluding steroid dienone is 1. The summed E-state index contributed by atoms with van der Waals surface area (Å²) in [6, 6.07) is 0. The van der Waals surface area contributed by atoms with Crippen LogP contribution in [0.15, 0.2) is 23.9 Å². The van der Waals surface area contributed by atoms with Gasteiger partial charge in [-0.05, 0) is 12.2 Å². The number of carbonyl (C=O) groups is 3. The highest BCUT2D eigenvalue weighted by Gasteiger charge is 2.36. The molecule has 0 saturated carbocycles. The normalized spacial score (nSPS) is 25.6. The van der Waals surface area contributed by atoms with E-state index in [-0.39, 0.29) is 12.5 Å². The minimum atomic E-state index is -0.668. The zero-order chi connectivity index (χ0) is 13.3. The van der Waals surface area contributed by atoms with Crippen LogP contribution < -0.4 is 0 Å². The highest BCUT2D eigenvalue weighted by Crippen LogP contribution is 2.25. The van der Waals surface area contributed by atoms with E-state index in [1.54, 1.807) is 12.2 Å². The van der Waals surface area contributed by atoms with Gasteiger partial charge in [0.25, 0.3) is 5.91 Å². The van der Waals surface area contributed by atoms with Gasteiger partial charge in [-0.25, -0.2) is 0 Å². The lowest BCUT2D eigenvalue weighted by Gasteiger charge is -2.33. The summed E-state index contributed by atoms with van der Waals surface area (Å²) in [7, 11) is 0. The number of hydrogen-bond donors (Lipinski definition) is 0. The average Bonchev–Trinajstić information content (AvgIpc) is 2.59. The van der Waals surface area contributed by atoms with Crippen LogP contribution in [0, 0.1) is 0 Å². The highest BCUT2D eigenvalue weighted by molar-refractivity contribution is 5.93. The molecule has 6 nitrogen and oxygen atoms in total. The number of rotatable bonds is 2. The Morgan fingerprint density at radius 2 is 1.89 bits per heavy atom. The van der Waals surface area contributed by atoms with Crippen molar-refractivity contribution in [2.24, 2.45) is 0 Å². The number of amides is 1. The molecule has 0 aromatic rings. The average molecular weight is 251 g/mol. The van der Waals surface area contributed by atoms with Gasteiger partial charge in [-0.1, -0.05) is 0 Å². The minimum absolute atomic E-state index is 0.167. The van der Waals surface area contributed by atoms with Gasteiger partial charge in [-0.3, -0.25) is 14.4 Å². The summed E-state index contributed by atoms with van der Waals surface area (Å²) in [4.78, 5) is 35.0. The number of esters is 2. The predicted molar refractivity (Wildman–Crippen MR) is 60.0 cm³/mol. The summed E-state index contributed by atoms with van der Waals surface area (Å²) in [5.41, 5.74) is 0.662. The van der Waals surface area contributed by atoms with Crippen molar-refractivity contribution in [3.63, 3.8) is 0 Å². The summed E-state index contributed by atoms with van der Waals surface area (Å²) in [5, 5.41) is 0. The van der Waals surface area contributed by atoms with E-state index in [1.165, 1.54) is 24.8 Å². The third kappa shape index (κ3) is 2.42. The van der Waals surface area contributed by atoms with Gasteiger partial charge in [-0.2, -0.15) is 0 Å². The van der Waals surface area contributed by atoms with Gasteiger partial charge in [0.05, 0.1) is 6.54 Å². The predicted octanol–water partition coefficient (Wildman–Crippen LogP) is 0.146. The van der Waals surface area contributed by atoms with Crippen LogP contribution in [0.2, 0.25) is 0 Å². The second kappa shape index (κ2) is 4.64. The molecule has 6 heteroatoms. The van der Waals surface area contributed by atoms with Crippen molar-refractivity contribution in [3.05, 3.63) is 23.9 Å². The van der Waals surface area contributed by atoms with Crippen molar-refractivity contribution in [1.29, 1.82) is 0 Å². The Bertz CT molecular complexity index is 465. The fraction of sp³-hybridized carbons (Fsp3) is 0.417. The Kier molecular flexibility index (Phi) is 3.18. The van der Waals surface area contributed by atoms with Crippen molar-refractivity contribution < 1.29 is 23.9 Å². The first kappa shape index (κ1) is 12.3. The van der Waals surface area contributed by atoms with Crippen LogP contribution in [-0.4, -0.2) is 41.5 Å². The SMILES string of the molecule is CC(=O)O[C@H]1C=C2C=CC(=O)N2C[C@@H]1OC(C)=O. The van der Waals surface area contributed by atoms with Crippen molar-refractivity contribution in [1.82, 2.24) is 4.90 Å². The Morgan fingerprint density at radius 3 is 2.50 bits per heavy atom. The third-order valence-corrected chi connectivity index (χ3v) is 2.66. The van der Waals surface area contributed by atoms with Gasteiger partial charge in [0, 0.05) is 25.6 Å². The van der Waals surface area contributed by atoms with E-state index in [0.717, 1.165) is 0 Å². The van der Waals surface area contributed by atoms with Crippen LogP contribution in [0.25, 0.3) is 0 Å². The Hall–Kier alpha value is -2.11. The van der Waals surface area contributed by atoms with Gasteiger partial charge < -0.3 is 14.4 Å². The lowest BCUT2D eigenvalue weighted by Crippen LogP contribution is -2.46. The molecule has 2 aliphatic rings. The molecule has 1 amide bonds. The molecule has 0 saturated heterocycles. The Balaban J connectivity index is 2.21. The highest BCUT2D eigenvalue weighted by atomic mass is 16.6. The van der Waals surface area contributed by atoms with Gasteiger partial charge in [0.1, 0.15) is 0 Å². The van der Waals surface area contributed by atoms with Crippen LogP contribution in [0.3, 0.4) is 0 Å². The Labute approximate surface area is 104 Å². The fourth-order valence-electron chi connectivity index (χ4n) is 1.98. The molecule has 0 N–H and O–H groups in total. The molecule has 2 heterocycles. The summed E-state index contributed by atoms with van der Waals surface area (Å²) < 4.78 is 10.2. The number of ether oxygens (including phenoxy) is 2. The number of nitrogens with zero attached hydrogens (tertiary/aromatic N) is 1.